The maximum absolute atomic E-state index is 10.4. The first-order valence-electron chi connectivity index (χ1n) is 12.1. The Labute approximate surface area is 174 Å². The van der Waals surface area contributed by atoms with Crippen LogP contribution in [0.1, 0.15) is 135 Å². The number of rotatable bonds is 23. The second kappa shape index (κ2) is 23.9. The molecule has 0 aromatic rings. The van der Waals surface area contributed by atoms with Crippen molar-refractivity contribution in [2.24, 2.45) is 0 Å². The fraction of sp³-hybridized carbons (Fsp3) is 0.958. The molecule has 0 aliphatic carbocycles. The molecule has 0 aliphatic heterocycles. The zero-order valence-electron chi connectivity index (χ0n) is 18.3. The summed E-state index contributed by atoms with van der Waals surface area (Å²) in [4.78, 5) is 10.4. The van der Waals surface area contributed by atoms with E-state index in [-0.39, 0.29) is 5.75 Å². The summed E-state index contributed by atoms with van der Waals surface area (Å²) >= 11 is 1.55. The van der Waals surface area contributed by atoms with E-state index < -0.39 is 5.97 Å². The Morgan fingerprint density at radius 1 is 0.556 bits per heavy atom. The van der Waals surface area contributed by atoms with Gasteiger partial charge in [0.2, 0.25) is 0 Å². The second-order valence-electron chi connectivity index (χ2n) is 8.16. The van der Waals surface area contributed by atoms with Gasteiger partial charge in [-0.1, -0.05) is 129 Å². The van der Waals surface area contributed by atoms with Gasteiger partial charge in [-0.2, -0.15) is 11.8 Å². The van der Waals surface area contributed by atoms with Gasteiger partial charge in [0, 0.05) is 0 Å². The number of aliphatic carboxylic acids is 1. The number of hydrogen-bond donors (Lipinski definition) is 1. The Bertz CT molecular complexity index is 294. The number of carboxylic acids is 1. The van der Waals surface area contributed by atoms with E-state index in [0.717, 1.165) is 5.75 Å². The van der Waals surface area contributed by atoms with E-state index in [9.17, 15) is 4.79 Å². The maximum atomic E-state index is 10.4. The molecule has 0 rings (SSSR count). The van der Waals surface area contributed by atoms with Gasteiger partial charge in [-0.3, -0.25) is 4.79 Å². The highest BCUT2D eigenvalue weighted by molar-refractivity contribution is 7.99. The molecule has 0 fully saturated rings. The van der Waals surface area contributed by atoms with Crippen LogP contribution in [0, 0.1) is 0 Å². The summed E-state index contributed by atoms with van der Waals surface area (Å²) in [6.07, 6.45) is 28.1. The number of carbonyl (C=O) groups is 1. The summed E-state index contributed by atoms with van der Waals surface area (Å²) in [6, 6.07) is 0. The number of hydrogen-bond acceptors (Lipinski definition) is 2. The van der Waals surface area contributed by atoms with Crippen molar-refractivity contribution in [2.45, 2.75) is 135 Å². The summed E-state index contributed by atoms with van der Waals surface area (Å²) in [7, 11) is 0. The molecule has 0 unspecified atom stereocenters. The fourth-order valence-corrected chi connectivity index (χ4v) is 4.35. The van der Waals surface area contributed by atoms with Crippen LogP contribution in [0.3, 0.4) is 0 Å². The molecule has 2 nitrogen and oxygen atoms in total. The Hall–Kier alpha value is -0.180. The van der Waals surface area contributed by atoms with Crippen molar-refractivity contribution in [3.05, 3.63) is 0 Å². The van der Waals surface area contributed by atoms with Gasteiger partial charge >= 0.3 is 5.97 Å². The lowest BCUT2D eigenvalue weighted by Crippen LogP contribution is -1.98. The zero-order chi connectivity index (χ0) is 19.8. The van der Waals surface area contributed by atoms with Crippen LogP contribution < -0.4 is 0 Å². The molecule has 1 N–H and O–H groups in total. The fourth-order valence-electron chi connectivity index (χ4n) is 3.62. The molecule has 0 bridgehead atoms. The summed E-state index contributed by atoms with van der Waals surface area (Å²) < 4.78 is 0. The number of unbranched alkanes of at least 4 members (excludes halogenated alkanes) is 19. The van der Waals surface area contributed by atoms with Gasteiger partial charge in [-0.25, -0.2) is 0 Å². The Morgan fingerprint density at radius 3 is 1.15 bits per heavy atom. The average molecular weight is 401 g/mol. The van der Waals surface area contributed by atoms with Crippen molar-refractivity contribution in [2.75, 3.05) is 11.5 Å². The standard InChI is InChI=1S/C24H48O2S/c1-2-3-4-5-6-7-8-9-10-11-12-13-14-15-16-17-18-19-20-21-22-27-23-24(25)26/h2-23H2,1H3,(H,25,26). The minimum atomic E-state index is -0.687. The van der Waals surface area contributed by atoms with E-state index >= 15 is 0 Å². The normalized spacial score (nSPS) is 11.1. The van der Waals surface area contributed by atoms with Crippen LogP contribution >= 0.6 is 11.8 Å². The molecule has 0 saturated carbocycles. The van der Waals surface area contributed by atoms with Crippen LogP contribution in [0.15, 0.2) is 0 Å². The first-order chi connectivity index (χ1) is 13.3. The minimum absolute atomic E-state index is 0.263. The third kappa shape index (κ3) is 25.8. The molecule has 0 aliphatic rings. The highest BCUT2D eigenvalue weighted by Crippen LogP contribution is 2.15. The third-order valence-corrected chi connectivity index (χ3v) is 6.40. The van der Waals surface area contributed by atoms with Crippen LogP contribution in [0.4, 0.5) is 0 Å². The molecule has 0 saturated heterocycles. The predicted molar refractivity (Wildman–Crippen MR) is 123 cm³/mol. The van der Waals surface area contributed by atoms with Gasteiger partial charge < -0.3 is 5.11 Å². The van der Waals surface area contributed by atoms with E-state index in [1.807, 2.05) is 0 Å². The van der Waals surface area contributed by atoms with E-state index in [1.165, 1.54) is 128 Å². The summed E-state index contributed by atoms with van der Waals surface area (Å²) in [6.45, 7) is 2.29. The van der Waals surface area contributed by atoms with Gasteiger partial charge in [-0.05, 0) is 12.2 Å². The lowest BCUT2D eigenvalue weighted by Gasteiger charge is -2.04. The SMILES string of the molecule is CCCCCCCCCCCCCCCCCCCCCCSCC(=O)O. The molecule has 162 valence electrons. The van der Waals surface area contributed by atoms with Crippen molar-refractivity contribution in [1.82, 2.24) is 0 Å². The maximum Gasteiger partial charge on any atom is 0.313 e. The summed E-state index contributed by atoms with van der Waals surface area (Å²) in [5, 5.41) is 8.56. The molecule has 0 aromatic carbocycles. The zero-order valence-corrected chi connectivity index (χ0v) is 19.1. The van der Waals surface area contributed by atoms with Gasteiger partial charge in [0.25, 0.3) is 0 Å². The first-order valence-corrected chi connectivity index (χ1v) is 13.2. The van der Waals surface area contributed by atoms with E-state index in [0.29, 0.717) is 0 Å². The molecule has 0 amide bonds. The van der Waals surface area contributed by atoms with Crippen LogP contribution in [-0.2, 0) is 4.79 Å². The smallest absolute Gasteiger partial charge is 0.313 e. The molecule has 0 spiro atoms. The Morgan fingerprint density at radius 2 is 0.852 bits per heavy atom. The van der Waals surface area contributed by atoms with Gasteiger partial charge in [0.05, 0.1) is 5.75 Å². The summed E-state index contributed by atoms with van der Waals surface area (Å²) in [5.41, 5.74) is 0. The third-order valence-electron chi connectivity index (χ3n) is 5.37. The lowest BCUT2D eigenvalue weighted by atomic mass is 10.0. The van der Waals surface area contributed by atoms with Gasteiger partial charge in [0.1, 0.15) is 0 Å². The van der Waals surface area contributed by atoms with Crippen molar-refractivity contribution >= 4 is 17.7 Å². The topological polar surface area (TPSA) is 37.3 Å². The van der Waals surface area contributed by atoms with Crippen LogP contribution in [0.5, 0.6) is 0 Å². The van der Waals surface area contributed by atoms with Crippen LogP contribution in [0.2, 0.25) is 0 Å². The highest BCUT2D eigenvalue weighted by Gasteiger charge is 1.97. The Kier molecular flexibility index (Phi) is 23.7. The molecular formula is C24H48O2S. The first kappa shape index (κ1) is 26.8. The minimum Gasteiger partial charge on any atom is -0.481 e. The average Bonchev–Trinajstić information content (AvgIpc) is 2.65. The van der Waals surface area contributed by atoms with Crippen molar-refractivity contribution in [3.8, 4) is 0 Å². The van der Waals surface area contributed by atoms with Crippen molar-refractivity contribution in [3.63, 3.8) is 0 Å². The van der Waals surface area contributed by atoms with E-state index in [2.05, 4.69) is 6.92 Å². The molecule has 27 heavy (non-hydrogen) atoms. The van der Waals surface area contributed by atoms with Crippen LogP contribution in [-0.4, -0.2) is 22.6 Å². The molecule has 3 heteroatoms. The van der Waals surface area contributed by atoms with E-state index in [1.54, 1.807) is 11.8 Å². The van der Waals surface area contributed by atoms with Crippen molar-refractivity contribution < 1.29 is 9.90 Å². The lowest BCUT2D eigenvalue weighted by molar-refractivity contribution is -0.133. The monoisotopic (exact) mass is 400 g/mol. The number of thioether (sulfide) groups is 1. The van der Waals surface area contributed by atoms with Gasteiger partial charge in [0.15, 0.2) is 0 Å². The molecule has 0 aromatic heterocycles. The van der Waals surface area contributed by atoms with Crippen LogP contribution in [0.25, 0.3) is 0 Å². The molecule has 0 atom stereocenters. The summed E-state index contributed by atoms with van der Waals surface area (Å²) in [5.74, 6) is 0.581. The molecule has 0 radical (unpaired) electrons. The second-order valence-corrected chi connectivity index (χ2v) is 9.27. The van der Waals surface area contributed by atoms with Crippen molar-refractivity contribution in [1.29, 1.82) is 0 Å². The number of carboxylic acid groups (broad SMARTS) is 1. The largest absolute Gasteiger partial charge is 0.481 e. The van der Waals surface area contributed by atoms with Gasteiger partial charge in [-0.15, -0.1) is 0 Å². The quantitative estimate of drug-likeness (QED) is 0.174. The Balaban J connectivity index is 2.98. The molecule has 0 heterocycles. The molecular weight excluding hydrogens is 352 g/mol. The predicted octanol–water partition coefficient (Wildman–Crippen LogP) is 8.63. The highest BCUT2D eigenvalue weighted by atomic mass is 32.2. The van der Waals surface area contributed by atoms with E-state index in [4.69, 9.17) is 5.11 Å².